The summed E-state index contributed by atoms with van der Waals surface area (Å²) in [6.07, 6.45) is -2.58. The Hall–Kier alpha value is -1.83. The molecule has 17 heavy (non-hydrogen) atoms. The van der Waals surface area contributed by atoms with Crippen LogP contribution in [0, 0.1) is 0 Å². The second-order valence-corrected chi connectivity index (χ2v) is 3.14. The van der Waals surface area contributed by atoms with Crippen molar-refractivity contribution in [3.05, 3.63) is 17.8 Å². The standard InChI is InChI=1S/C9H11F2N3O3/c10-7(11)5-14(3-4-15)8-2-1-6(9(16)17)12-13-8/h1-2,7,15H,3-5H2,(H,16,17). The number of aliphatic hydroxyl groups excluding tert-OH is 1. The highest BCUT2D eigenvalue weighted by Gasteiger charge is 2.15. The molecule has 1 rings (SSSR count). The van der Waals surface area contributed by atoms with E-state index in [1.807, 2.05) is 0 Å². The van der Waals surface area contributed by atoms with Crippen LogP contribution in [0.15, 0.2) is 12.1 Å². The normalized spacial score (nSPS) is 10.6. The van der Waals surface area contributed by atoms with Crippen molar-refractivity contribution >= 4 is 11.8 Å². The third-order valence-corrected chi connectivity index (χ3v) is 1.92. The molecule has 1 heterocycles. The van der Waals surface area contributed by atoms with Crippen molar-refractivity contribution in [1.29, 1.82) is 0 Å². The number of carbonyl (C=O) groups is 1. The third kappa shape index (κ3) is 3.91. The predicted octanol–water partition coefficient (Wildman–Crippen LogP) is 0.239. The highest BCUT2D eigenvalue weighted by atomic mass is 19.3. The summed E-state index contributed by atoms with van der Waals surface area (Å²) in [4.78, 5) is 11.6. The number of rotatable bonds is 6. The molecule has 0 aromatic carbocycles. The van der Waals surface area contributed by atoms with Gasteiger partial charge < -0.3 is 15.1 Å². The Bertz CT molecular complexity index is 372. The molecule has 0 atom stereocenters. The van der Waals surface area contributed by atoms with Crippen molar-refractivity contribution < 1.29 is 23.8 Å². The number of nitrogens with zero attached hydrogens (tertiary/aromatic N) is 3. The Morgan fingerprint density at radius 3 is 2.53 bits per heavy atom. The zero-order chi connectivity index (χ0) is 12.8. The molecule has 1 aromatic rings. The second kappa shape index (κ2) is 6.04. The first-order valence-corrected chi connectivity index (χ1v) is 4.75. The minimum Gasteiger partial charge on any atom is -0.476 e. The molecule has 0 amide bonds. The SMILES string of the molecule is O=C(O)c1ccc(N(CCO)CC(F)F)nn1. The monoisotopic (exact) mass is 247 g/mol. The summed E-state index contributed by atoms with van der Waals surface area (Å²) >= 11 is 0. The third-order valence-electron chi connectivity index (χ3n) is 1.92. The summed E-state index contributed by atoms with van der Waals surface area (Å²) in [6, 6.07) is 2.44. The Kier molecular flexibility index (Phi) is 4.70. The number of aliphatic hydroxyl groups is 1. The van der Waals surface area contributed by atoms with Crippen molar-refractivity contribution in [2.24, 2.45) is 0 Å². The lowest BCUT2D eigenvalue weighted by atomic mass is 10.3. The van der Waals surface area contributed by atoms with Gasteiger partial charge in [0.1, 0.15) is 0 Å². The largest absolute Gasteiger partial charge is 0.476 e. The van der Waals surface area contributed by atoms with Crippen LogP contribution < -0.4 is 4.90 Å². The zero-order valence-corrected chi connectivity index (χ0v) is 8.75. The summed E-state index contributed by atoms with van der Waals surface area (Å²) in [5.41, 5.74) is -0.269. The number of halogens is 2. The number of carboxylic acids is 1. The van der Waals surface area contributed by atoms with E-state index in [0.29, 0.717) is 0 Å². The number of hydrogen-bond donors (Lipinski definition) is 2. The van der Waals surface area contributed by atoms with Crippen LogP contribution >= 0.6 is 0 Å². The van der Waals surface area contributed by atoms with E-state index in [0.717, 1.165) is 4.90 Å². The Morgan fingerprint density at radius 1 is 1.41 bits per heavy atom. The number of anilines is 1. The first kappa shape index (κ1) is 13.2. The number of carboxylic acid groups (broad SMARTS) is 1. The van der Waals surface area contributed by atoms with Gasteiger partial charge in [-0.2, -0.15) is 0 Å². The van der Waals surface area contributed by atoms with Crippen LogP contribution in [0.3, 0.4) is 0 Å². The van der Waals surface area contributed by atoms with Crippen LogP contribution in [-0.4, -0.2) is 52.5 Å². The highest BCUT2D eigenvalue weighted by molar-refractivity contribution is 5.85. The molecule has 0 fully saturated rings. The van der Waals surface area contributed by atoms with Crippen molar-refractivity contribution in [3.8, 4) is 0 Å². The molecule has 0 saturated carbocycles. The number of aromatic nitrogens is 2. The lowest BCUT2D eigenvalue weighted by molar-refractivity contribution is 0.0689. The maximum Gasteiger partial charge on any atom is 0.356 e. The first-order valence-electron chi connectivity index (χ1n) is 4.75. The van der Waals surface area contributed by atoms with Gasteiger partial charge in [0.2, 0.25) is 0 Å². The Balaban J connectivity index is 2.83. The fourth-order valence-electron chi connectivity index (χ4n) is 1.19. The highest BCUT2D eigenvalue weighted by Crippen LogP contribution is 2.11. The zero-order valence-electron chi connectivity index (χ0n) is 8.75. The maximum absolute atomic E-state index is 12.2. The van der Waals surface area contributed by atoms with Gasteiger partial charge >= 0.3 is 5.97 Å². The van der Waals surface area contributed by atoms with E-state index >= 15 is 0 Å². The average Bonchev–Trinajstić information content (AvgIpc) is 2.28. The fourth-order valence-corrected chi connectivity index (χ4v) is 1.19. The van der Waals surface area contributed by atoms with Crippen LogP contribution in [0.25, 0.3) is 0 Å². The van der Waals surface area contributed by atoms with E-state index in [4.69, 9.17) is 10.2 Å². The van der Waals surface area contributed by atoms with Crippen LogP contribution in [-0.2, 0) is 0 Å². The quantitative estimate of drug-likeness (QED) is 0.748. The molecule has 0 aliphatic heterocycles. The molecule has 94 valence electrons. The lowest BCUT2D eigenvalue weighted by Gasteiger charge is -2.21. The van der Waals surface area contributed by atoms with Crippen LogP contribution in [0.4, 0.5) is 14.6 Å². The van der Waals surface area contributed by atoms with E-state index in [9.17, 15) is 13.6 Å². The number of hydrogen-bond acceptors (Lipinski definition) is 5. The van der Waals surface area contributed by atoms with E-state index in [1.165, 1.54) is 12.1 Å². The number of alkyl halides is 2. The molecular weight excluding hydrogens is 236 g/mol. The van der Waals surface area contributed by atoms with Gasteiger partial charge in [-0.05, 0) is 12.1 Å². The minimum absolute atomic E-state index is 0.0224. The van der Waals surface area contributed by atoms with Gasteiger partial charge in [0.25, 0.3) is 6.43 Å². The van der Waals surface area contributed by atoms with Gasteiger partial charge in [0.15, 0.2) is 11.5 Å². The van der Waals surface area contributed by atoms with Crippen molar-refractivity contribution in [2.45, 2.75) is 6.43 Å². The second-order valence-electron chi connectivity index (χ2n) is 3.14. The molecule has 0 bridgehead atoms. The minimum atomic E-state index is -2.58. The fraction of sp³-hybridized carbons (Fsp3) is 0.444. The molecular formula is C9H11F2N3O3. The van der Waals surface area contributed by atoms with E-state index < -0.39 is 18.9 Å². The van der Waals surface area contributed by atoms with Gasteiger partial charge in [0, 0.05) is 6.54 Å². The Labute approximate surface area is 95.5 Å². The molecule has 0 aliphatic carbocycles. The Morgan fingerprint density at radius 2 is 2.12 bits per heavy atom. The molecule has 0 unspecified atom stereocenters. The van der Waals surface area contributed by atoms with Crippen molar-refractivity contribution in [2.75, 3.05) is 24.6 Å². The van der Waals surface area contributed by atoms with Crippen LogP contribution in [0.1, 0.15) is 10.5 Å². The molecule has 0 aliphatic rings. The van der Waals surface area contributed by atoms with Crippen molar-refractivity contribution in [1.82, 2.24) is 10.2 Å². The van der Waals surface area contributed by atoms with Gasteiger partial charge in [-0.15, -0.1) is 10.2 Å². The summed E-state index contributed by atoms with van der Waals surface area (Å²) < 4.78 is 24.5. The van der Waals surface area contributed by atoms with Gasteiger partial charge in [-0.1, -0.05) is 0 Å². The van der Waals surface area contributed by atoms with Gasteiger partial charge in [-0.25, -0.2) is 13.6 Å². The summed E-state index contributed by atoms with van der Waals surface area (Å²) in [7, 11) is 0. The van der Waals surface area contributed by atoms with Crippen molar-refractivity contribution in [3.63, 3.8) is 0 Å². The first-order chi connectivity index (χ1) is 8.04. The predicted molar refractivity (Wildman–Crippen MR) is 54.3 cm³/mol. The molecule has 2 N–H and O–H groups in total. The topological polar surface area (TPSA) is 86.5 Å². The number of aromatic carboxylic acids is 1. The van der Waals surface area contributed by atoms with Gasteiger partial charge in [-0.3, -0.25) is 0 Å². The van der Waals surface area contributed by atoms with E-state index in [2.05, 4.69) is 10.2 Å². The van der Waals surface area contributed by atoms with E-state index in [-0.39, 0.29) is 24.7 Å². The molecule has 0 spiro atoms. The molecule has 8 heteroatoms. The van der Waals surface area contributed by atoms with Gasteiger partial charge in [0.05, 0.1) is 13.2 Å². The summed E-state index contributed by atoms with van der Waals surface area (Å²) in [5, 5.41) is 24.2. The summed E-state index contributed by atoms with van der Waals surface area (Å²) in [5.74, 6) is -1.14. The molecule has 1 aromatic heterocycles. The molecule has 0 radical (unpaired) electrons. The lowest BCUT2D eigenvalue weighted by Crippen LogP contribution is -2.32. The van der Waals surface area contributed by atoms with E-state index in [1.54, 1.807) is 0 Å². The molecule has 0 saturated heterocycles. The smallest absolute Gasteiger partial charge is 0.356 e. The summed E-state index contributed by atoms with van der Waals surface area (Å²) in [6.45, 7) is -0.928. The van der Waals surface area contributed by atoms with Crippen LogP contribution in [0.2, 0.25) is 0 Å². The molecule has 6 nitrogen and oxygen atoms in total. The maximum atomic E-state index is 12.2. The van der Waals surface area contributed by atoms with Crippen LogP contribution in [0.5, 0.6) is 0 Å². The average molecular weight is 247 g/mol.